The summed E-state index contributed by atoms with van der Waals surface area (Å²) in [4.78, 5) is 15.1. The van der Waals surface area contributed by atoms with Gasteiger partial charge in [0.2, 0.25) is 0 Å². The van der Waals surface area contributed by atoms with Gasteiger partial charge in [0.15, 0.2) is 0 Å². The molecule has 0 spiro atoms. The lowest BCUT2D eigenvalue weighted by Gasteiger charge is -2.16. The summed E-state index contributed by atoms with van der Waals surface area (Å²) < 4.78 is 27.6. The van der Waals surface area contributed by atoms with E-state index < -0.39 is 10.0 Å². The number of amides is 1. The molecule has 0 radical (unpaired) electrons. The normalized spacial score (nSPS) is 11.5. The van der Waals surface area contributed by atoms with E-state index in [0.717, 1.165) is 15.8 Å². The van der Waals surface area contributed by atoms with Crippen LogP contribution < -0.4 is 4.72 Å². The quantitative estimate of drug-likeness (QED) is 0.549. The van der Waals surface area contributed by atoms with Gasteiger partial charge in [0.1, 0.15) is 0 Å². The highest BCUT2D eigenvalue weighted by molar-refractivity contribution is 7.95. The second-order valence-electron chi connectivity index (χ2n) is 6.30. The zero-order chi connectivity index (χ0) is 20.9. The van der Waals surface area contributed by atoms with E-state index in [-0.39, 0.29) is 5.91 Å². The van der Waals surface area contributed by atoms with Crippen LogP contribution in [0.5, 0.6) is 0 Å². The van der Waals surface area contributed by atoms with Crippen molar-refractivity contribution in [2.75, 3.05) is 11.8 Å². The molecule has 0 saturated carbocycles. The van der Waals surface area contributed by atoms with Gasteiger partial charge in [-0.2, -0.15) is 0 Å². The first-order valence-corrected chi connectivity index (χ1v) is 11.4. The lowest BCUT2D eigenvalue weighted by Crippen LogP contribution is -2.25. The maximum absolute atomic E-state index is 12.6. The second kappa shape index (κ2) is 9.26. The molecule has 1 heterocycles. The van der Waals surface area contributed by atoms with Gasteiger partial charge in [0, 0.05) is 23.2 Å². The summed E-state index contributed by atoms with van der Waals surface area (Å²) in [5, 5.41) is 1.11. The Labute approximate surface area is 179 Å². The molecule has 0 aliphatic heterocycles. The smallest absolute Gasteiger partial charge is 0.255 e. The van der Waals surface area contributed by atoms with Crippen molar-refractivity contribution < 1.29 is 13.2 Å². The van der Waals surface area contributed by atoms with Crippen LogP contribution in [0.15, 0.2) is 72.1 Å². The number of thiophene rings is 1. The van der Waals surface area contributed by atoms with Gasteiger partial charge in [-0.3, -0.25) is 9.52 Å². The first kappa shape index (κ1) is 21.1. The molecule has 3 aromatic rings. The molecule has 0 saturated heterocycles. The Bertz CT molecular complexity index is 1110. The number of nitrogens with zero attached hydrogens (tertiary/aromatic N) is 1. The van der Waals surface area contributed by atoms with Crippen LogP contribution in [0.2, 0.25) is 4.34 Å². The molecule has 2 aromatic carbocycles. The molecule has 0 atom stereocenters. The number of nitrogens with one attached hydrogen (secondary N) is 1. The van der Waals surface area contributed by atoms with Crippen molar-refractivity contribution in [2.24, 2.45) is 0 Å². The summed E-state index contributed by atoms with van der Waals surface area (Å²) in [6.07, 6.45) is 1.52. The van der Waals surface area contributed by atoms with Crippen LogP contribution in [0.3, 0.4) is 0 Å². The molecule has 0 fully saturated rings. The third kappa shape index (κ3) is 6.19. The summed E-state index contributed by atoms with van der Waals surface area (Å²) in [5.41, 5.74) is 1.64. The average Bonchev–Trinajstić information content (AvgIpc) is 3.11. The topological polar surface area (TPSA) is 66.5 Å². The molecule has 150 valence electrons. The molecule has 1 amide bonds. The Morgan fingerprint density at radius 3 is 2.38 bits per heavy atom. The maximum atomic E-state index is 12.6. The highest BCUT2D eigenvalue weighted by Gasteiger charge is 2.14. The Hall–Kier alpha value is -2.61. The van der Waals surface area contributed by atoms with Crippen molar-refractivity contribution in [2.45, 2.75) is 6.54 Å². The first-order valence-electron chi connectivity index (χ1n) is 8.68. The first-order chi connectivity index (χ1) is 13.8. The van der Waals surface area contributed by atoms with Crippen LogP contribution in [-0.2, 0) is 16.6 Å². The van der Waals surface area contributed by atoms with Gasteiger partial charge in [-0.1, -0.05) is 41.9 Å². The number of rotatable bonds is 7. The molecule has 1 aromatic heterocycles. The number of anilines is 1. The zero-order valence-electron chi connectivity index (χ0n) is 15.6. The van der Waals surface area contributed by atoms with E-state index in [2.05, 4.69) is 4.72 Å². The van der Waals surface area contributed by atoms with Gasteiger partial charge in [-0.25, -0.2) is 8.42 Å². The van der Waals surface area contributed by atoms with E-state index in [1.165, 1.54) is 17.4 Å². The van der Waals surface area contributed by atoms with Gasteiger partial charge < -0.3 is 4.90 Å². The third-order valence-electron chi connectivity index (χ3n) is 4.00. The average molecular weight is 447 g/mol. The number of benzene rings is 2. The fraction of sp³-hybridized carbons (Fsp3) is 0.0952. The molecule has 0 bridgehead atoms. The molecule has 8 heteroatoms. The molecule has 5 nitrogen and oxygen atoms in total. The van der Waals surface area contributed by atoms with Crippen molar-refractivity contribution in [1.82, 2.24) is 4.90 Å². The van der Waals surface area contributed by atoms with Crippen LogP contribution in [0, 0.1) is 0 Å². The van der Waals surface area contributed by atoms with E-state index in [0.29, 0.717) is 22.1 Å². The molecular weight excluding hydrogens is 428 g/mol. The van der Waals surface area contributed by atoms with E-state index in [9.17, 15) is 13.2 Å². The number of halogens is 1. The third-order valence-corrected chi connectivity index (χ3v) is 6.23. The molecule has 1 N–H and O–H groups in total. The molecular formula is C21H19ClN2O3S2. The highest BCUT2D eigenvalue weighted by Crippen LogP contribution is 2.23. The van der Waals surface area contributed by atoms with E-state index in [4.69, 9.17) is 11.6 Å². The Balaban J connectivity index is 1.63. The van der Waals surface area contributed by atoms with Gasteiger partial charge in [-0.15, -0.1) is 11.3 Å². The van der Waals surface area contributed by atoms with E-state index in [1.54, 1.807) is 42.3 Å². The Morgan fingerprint density at radius 1 is 1.07 bits per heavy atom. The van der Waals surface area contributed by atoms with Crippen molar-refractivity contribution in [3.8, 4) is 0 Å². The van der Waals surface area contributed by atoms with Crippen molar-refractivity contribution in [1.29, 1.82) is 0 Å². The minimum absolute atomic E-state index is 0.159. The van der Waals surface area contributed by atoms with Crippen molar-refractivity contribution >= 4 is 50.6 Å². The monoisotopic (exact) mass is 446 g/mol. The maximum Gasteiger partial charge on any atom is 0.255 e. The van der Waals surface area contributed by atoms with Crippen LogP contribution in [0.1, 0.15) is 20.8 Å². The Morgan fingerprint density at radius 2 is 1.76 bits per heavy atom. The Kier molecular flexibility index (Phi) is 6.74. The molecule has 29 heavy (non-hydrogen) atoms. The number of sulfonamides is 1. The van der Waals surface area contributed by atoms with Crippen LogP contribution in [0.25, 0.3) is 6.08 Å². The van der Waals surface area contributed by atoms with Crippen LogP contribution in [0.4, 0.5) is 5.69 Å². The summed E-state index contributed by atoms with van der Waals surface area (Å²) in [6.45, 7) is 0.453. The fourth-order valence-corrected chi connectivity index (χ4v) is 4.58. The van der Waals surface area contributed by atoms with Crippen molar-refractivity contribution in [3.05, 3.63) is 92.5 Å². The minimum Gasteiger partial charge on any atom is -0.337 e. The molecule has 0 aliphatic carbocycles. The highest BCUT2D eigenvalue weighted by atomic mass is 35.5. The van der Waals surface area contributed by atoms with Gasteiger partial charge in [0.05, 0.1) is 16.3 Å². The van der Waals surface area contributed by atoms with Crippen molar-refractivity contribution in [3.63, 3.8) is 0 Å². The summed E-state index contributed by atoms with van der Waals surface area (Å²) in [5.74, 6) is -0.159. The largest absolute Gasteiger partial charge is 0.337 e. The van der Waals surface area contributed by atoms with Gasteiger partial charge >= 0.3 is 0 Å². The van der Waals surface area contributed by atoms with Gasteiger partial charge in [0.25, 0.3) is 15.9 Å². The predicted molar refractivity (Wildman–Crippen MR) is 120 cm³/mol. The fourth-order valence-electron chi connectivity index (χ4n) is 2.57. The number of carbonyl (C=O) groups is 1. The number of hydrogen-bond acceptors (Lipinski definition) is 4. The minimum atomic E-state index is -3.66. The molecule has 3 rings (SSSR count). The second-order valence-corrected chi connectivity index (χ2v) is 9.67. The summed E-state index contributed by atoms with van der Waals surface area (Å²) in [6, 6.07) is 19.2. The number of carbonyl (C=O) groups excluding carboxylic acids is 1. The molecule has 0 unspecified atom stereocenters. The lowest BCUT2D eigenvalue weighted by molar-refractivity contribution is 0.0786. The summed E-state index contributed by atoms with van der Waals surface area (Å²) >= 11 is 7.35. The predicted octanol–water partition coefficient (Wildman–Crippen LogP) is 5.09. The summed E-state index contributed by atoms with van der Waals surface area (Å²) in [7, 11) is -1.95. The zero-order valence-corrected chi connectivity index (χ0v) is 18.0. The molecule has 0 aliphatic rings. The van der Waals surface area contributed by atoms with E-state index >= 15 is 0 Å². The van der Waals surface area contributed by atoms with Gasteiger partial charge in [-0.05, 0) is 48.0 Å². The SMILES string of the molecule is CN(Cc1ccc(Cl)s1)C(=O)c1ccc(NS(=O)(=O)/C=C/c2ccccc2)cc1. The van der Waals surface area contributed by atoms with Crippen LogP contribution in [-0.4, -0.2) is 26.3 Å². The number of hydrogen-bond donors (Lipinski definition) is 1. The lowest BCUT2D eigenvalue weighted by atomic mass is 10.2. The van der Waals surface area contributed by atoms with E-state index in [1.807, 2.05) is 36.4 Å². The standard InChI is InChI=1S/C21H19ClN2O3S2/c1-24(15-19-11-12-20(22)28-19)21(25)17-7-9-18(10-8-17)23-29(26,27)14-13-16-5-3-2-4-6-16/h2-14,23H,15H2,1H3/b14-13+. The van der Waals surface area contributed by atoms with Crippen LogP contribution >= 0.6 is 22.9 Å².